The van der Waals surface area contributed by atoms with Crippen LogP contribution in [0.25, 0.3) is 0 Å². The molecular formula is C13H17N3O3S. The van der Waals surface area contributed by atoms with Gasteiger partial charge in [0, 0.05) is 19.4 Å². The van der Waals surface area contributed by atoms with Crippen molar-refractivity contribution in [3.63, 3.8) is 0 Å². The van der Waals surface area contributed by atoms with Crippen LogP contribution in [0, 0.1) is 6.92 Å². The van der Waals surface area contributed by atoms with Gasteiger partial charge in [0.2, 0.25) is 0 Å². The maximum atomic E-state index is 11.5. The average molecular weight is 295 g/mol. The van der Waals surface area contributed by atoms with Crippen molar-refractivity contribution in [3.8, 4) is 0 Å². The van der Waals surface area contributed by atoms with E-state index >= 15 is 0 Å². The summed E-state index contributed by atoms with van der Waals surface area (Å²) in [6, 6.07) is 6.55. The van der Waals surface area contributed by atoms with E-state index in [9.17, 15) is 8.42 Å². The van der Waals surface area contributed by atoms with Gasteiger partial charge >= 0.3 is 0 Å². The fraction of sp³-hybridized carbons (Fsp3) is 0.308. The molecule has 2 rings (SSSR count). The predicted molar refractivity (Wildman–Crippen MR) is 77.3 cm³/mol. The van der Waals surface area contributed by atoms with Gasteiger partial charge in [-0.25, -0.2) is 8.42 Å². The summed E-state index contributed by atoms with van der Waals surface area (Å²) < 4.78 is 27.9. The fourth-order valence-electron chi connectivity index (χ4n) is 1.93. The molecule has 0 aliphatic carbocycles. The van der Waals surface area contributed by atoms with Crippen LogP contribution >= 0.6 is 0 Å². The van der Waals surface area contributed by atoms with Gasteiger partial charge in [-0.1, -0.05) is 5.16 Å². The first-order chi connectivity index (χ1) is 9.27. The Labute approximate surface area is 118 Å². The van der Waals surface area contributed by atoms with Crippen molar-refractivity contribution in [1.82, 2.24) is 5.16 Å². The lowest BCUT2D eigenvalue weighted by atomic mass is 10.2. The number of nitrogen functional groups attached to an aromatic ring is 1. The second-order valence-electron chi connectivity index (χ2n) is 4.78. The van der Waals surface area contributed by atoms with E-state index in [0.29, 0.717) is 12.2 Å². The number of nitrogens with zero attached hydrogens (tertiary/aromatic N) is 2. The van der Waals surface area contributed by atoms with E-state index in [4.69, 9.17) is 10.3 Å². The van der Waals surface area contributed by atoms with Crippen LogP contribution in [0.5, 0.6) is 0 Å². The average Bonchev–Trinajstić information content (AvgIpc) is 2.73. The highest BCUT2D eigenvalue weighted by atomic mass is 32.2. The number of nitrogens with two attached hydrogens (primary N) is 1. The molecule has 0 saturated carbocycles. The Morgan fingerprint density at radius 1 is 1.35 bits per heavy atom. The zero-order valence-corrected chi connectivity index (χ0v) is 12.4. The summed E-state index contributed by atoms with van der Waals surface area (Å²) in [5, 5.41) is 3.91. The molecule has 0 aliphatic rings. The molecule has 20 heavy (non-hydrogen) atoms. The molecule has 0 saturated heterocycles. The minimum Gasteiger partial charge on any atom is -0.397 e. The summed E-state index contributed by atoms with van der Waals surface area (Å²) in [5.74, 6) is 0.744. The van der Waals surface area contributed by atoms with Gasteiger partial charge in [-0.15, -0.1) is 0 Å². The fourth-order valence-corrected chi connectivity index (χ4v) is 2.59. The van der Waals surface area contributed by atoms with Crippen molar-refractivity contribution in [1.29, 1.82) is 0 Å². The number of hydrogen-bond acceptors (Lipinski definition) is 6. The maximum absolute atomic E-state index is 11.5. The molecule has 0 spiro atoms. The lowest BCUT2D eigenvalue weighted by Gasteiger charge is -2.20. The van der Waals surface area contributed by atoms with Crippen LogP contribution in [0.4, 0.5) is 11.4 Å². The van der Waals surface area contributed by atoms with Crippen molar-refractivity contribution in [2.75, 3.05) is 23.9 Å². The van der Waals surface area contributed by atoms with E-state index in [1.54, 1.807) is 12.1 Å². The number of anilines is 2. The molecule has 0 aliphatic heterocycles. The monoisotopic (exact) mass is 295 g/mol. The molecule has 0 unspecified atom stereocenters. The van der Waals surface area contributed by atoms with Gasteiger partial charge in [0.1, 0.15) is 11.5 Å². The van der Waals surface area contributed by atoms with Gasteiger partial charge in [-0.05, 0) is 25.1 Å². The molecule has 0 bridgehead atoms. The quantitative estimate of drug-likeness (QED) is 0.862. The largest absolute Gasteiger partial charge is 0.397 e. The van der Waals surface area contributed by atoms with Crippen LogP contribution in [0.2, 0.25) is 0 Å². The number of aromatic nitrogens is 1. The third-order valence-electron chi connectivity index (χ3n) is 2.91. The van der Waals surface area contributed by atoms with Gasteiger partial charge in [0.25, 0.3) is 0 Å². The Bertz CT molecular complexity index is 722. The number of rotatable bonds is 4. The van der Waals surface area contributed by atoms with Crippen LogP contribution in [-0.2, 0) is 16.4 Å². The van der Waals surface area contributed by atoms with Crippen LogP contribution < -0.4 is 10.6 Å². The molecule has 1 aromatic carbocycles. The molecular weight excluding hydrogens is 278 g/mol. The SMILES string of the molecule is Cc1cc(CN(C)c2ccc(S(C)(=O)=O)cc2N)no1. The van der Waals surface area contributed by atoms with Crippen LogP contribution in [-0.4, -0.2) is 26.9 Å². The first-order valence-corrected chi connectivity index (χ1v) is 7.89. The Morgan fingerprint density at radius 3 is 2.55 bits per heavy atom. The Balaban J connectivity index is 2.24. The molecule has 0 amide bonds. The van der Waals surface area contributed by atoms with Crippen molar-refractivity contribution in [2.45, 2.75) is 18.4 Å². The molecule has 7 heteroatoms. The first kappa shape index (κ1) is 14.4. The Kier molecular flexibility index (Phi) is 3.71. The molecule has 1 heterocycles. The highest BCUT2D eigenvalue weighted by Crippen LogP contribution is 2.26. The summed E-state index contributed by atoms with van der Waals surface area (Å²) in [6.45, 7) is 2.35. The van der Waals surface area contributed by atoms with Gasteiger partial charge < -0.3 is 15.2 Å². The van der Waals surface area contributed by atoms with Crippen LogP contribution in [0.15, 0.2) is 33.7 Å². The molecule has 0 radical (unpaired) electrons. The summed E-state index contributed by atoms with van der Waals surface area (Å²) >= 11 is 0. The van der Waals surface area contributed by atoms with E-state index < -0.39 is 9.84 Å². The zero-order chi connectivity index (χ0) is 14.9. The number of aryl methyl sites for hydroxylation is 1. The van der Waals surface area contributed by atoms with E-state index in [-0.39, 0.29) is 4.90 Å². The normalized spacial score (nSPS) is 11.6. The third-order valence-corrected chi connectivity index (χ3v) is 4.02. The molecule has 6 nitrogen and oxygen atoms in total. The molecule has 0 fully saturated rings. The minimum atomic E-state index is -3.25. The summed E-state index contributed by atoms with van der Waals surface area (Å²) in [5.41, 5.74) is 7.88. The number of benzene rings is 1. The Morgan fingerprint density at radius 2 is 2.05 bits per heavy atom. The summed E-state index contributed by atoms with van der Waals surface area (Å²) in [7, 11) is -1.39. The number of hydrogen-bond donors (Lipinski definition) is 1. The second-order valence-corrected chi connectivity index (χ2v) is 6.79. The Hall–Kier alpha value is -2.02. The van der Waals surface area contributed by atoms with Crippen molar-refractivity contribution in [2.24, 2.45) is 0 Å². The maximum Gasteiger partial charge on any atom is 0.175 e. The van der Waals surface area contributed by atoms with Gasteiger partial charge in [0.15, 0.2) is 9.84 Å². The van der Waals surface area contributed by atoms with E-state index in [0.717, 1.165) is 23.4 Å². The summed E-state index contributed by atoms with van der Waals surface area (Å²) in [6.07, 6.45) is 1.16. The zero-order valence-electron chi connectivity index (χ0n) is 11.6. The van der Waals surface area contributed by atoms with Crippen molar-refractivity contribution < 1.29 is 12.9 Å². The molecule has 2 aromatic rings. The number of sulfone groups is 1. The van der Waals surface area contributed by atoms with E-state index in [1.165, 1.54) is 6.07 Å². The molecule has 1 aromatic heterocycles. The highest BCUT2D eigenvalue weighted by molar-refractivity contribution is 7.90. The lowest BCUT2D eigenvalue weighted by molar-refractivity contribution is 0.390. The molecule has 2 N–H and O–H groups in total. The van der Waals surface area contributed by atoms with Crippen LogP contribution in [0.1, 0.15) is 11.5 Å². The van der Waals surface area contributed by atoms with E-state index in [2.05, 4.69) is 5.16 Å². The lowest BCUT2D eigenvalue weighted by Crippen LogP contribution is -2.18. The standard InChI is InChI=1S/C13H17N3O3S/c1-9-6-10(15-19-9)8-16(2)13-5-4-11(7-12(13)14)20(3,17)18/h4-7H,8,14H2,1-3H3. The second kappa shape index (κ2) is 5.16. The van der Waals surface area contributed by atoms with Gasteiger partial charge in [-0.3, -0.25) is 0 Å². The van der Waals surface area contributed by atoms with Gasteiger partial charge in [-0.2, -0.15) is 0 Å². The highest BCUT2D eigenvalue weighted by Gasteiger charge is 2.13. The molecule has 0 atom stereocenters. The smallest absolute Gasteiger partial charge is 0.175 e. The minimum absolute atomic E-state index is 0.212. The van der Waals surface area contributed by atoms with Gasteiger partial charge in [0.05, 0.1) is 22.8 Å². The predicted octanol–water partition coefficient (Wildman–Crippen LogP) is 1.61. The summed E-state index contributed by atoms with van der Waals surface area (Å²) in [4.78, 5) is 2.10. The van der Waals surface area contributed by atoms with Crippen molar-refractivity contribution >= 4 is 21.2 Å². The van der Waals surface area contributed by atoms with Crippen molar-refractivity contribution in [3.05, 3.63) is 35.7 Å². The molecule has 108 valence electrons. The first-order valence-electron chi connectivity index (χ1n) is 6.00. The van der Waals surface area contributed by atoms with Crippen LogP contribution in [0.3, 0.4) is 0 Å². The third kappa shape index (κ3) is 3.11. The van der Waals surface area contributed by atoms with E-state index in [1.807, 2.05) is 24.9 Å². The topological polar surface area (TPSA) is 89.4 Å².